The smallest absolute Gasteiger partial charge is 0.256 e. The van der Waals surface area contributed by atoms with E-state index in [1.54, 1.807) is 38.6 Å². The Morgan fingerprint density at radius 1 is 1.07 bits per heavy atom. The van der Waals surface area contributed by atoms with Gasteiger partial charge in [-0.2, -0.15) is 0 Å². The van der Waals surface area contributed by atoms with Gasteiger partial charge in [0.1, 0.15) is 0 Å². The number of H-pyrrole nitrogens is 1. The van der Waals surface area contributed by atoms with Crippen molar-refractivity contribution >= 4 is 28.4 Å². The van der Waals surface area contributed by atoms with Crippen LogP contribution in [0.25, 0.3) is 10.9 Å². The molecule has 0 bridgehead atoms. The summed E-state index contributed by atoms with van der Waals surface area (Å²) >= 11 is 0. The average Bonchev–Trinajstić information content (AvgIpc) is 3.11. The number of rotatable bonds is 6. The molecule has 7 heteroatoms. The third kappa shape index (κ3) is 3.87. The van der Waals surface area contributed by atoms with E-state index in [2.05, 4.69) is 10.3 Å². The molecular weight excluding hydrogens is 346 g/mol. The first-order valence-corrected chi connectivity index (χ1v) is 8.37. The fourth-order valence-corrected chi connectivity index (χ4v) is 2.86. The number of carbonyl (C=O) groups is 2. The van der Waals surface area contributed by atoms with Crippen LogP contribution in [0, 0.1) is 0 Å². The van der Waals surface area contributed by atoms with Crippen LogP contribution in [-0.4, -0.2) is 49.5 Å². The molecule has 0 fully saturated rings. The number of benzene rings is 2. The Balaban J connectivity index is 1.68. The standard InChI is InChI=1S/C20H21N3O4/c1-23(20(25)15-11-21-16-7-5-4-6-14(15)16)12-19(24)22-13-8-9-17(26-2)18(10-13)27-3/h4-11,21H,12H2,1-3H3,(H,22,24). The largest absolute Gasteiger partial charge is 0.493 e. The number of anilines is 1. The maximum atomic E-state index is 12.7. The zero-order valence-electron chi connectivity index (χ0n) is 15.4. The summed E-state index contributed by atoms with van der Waals surface area (Å²) < 4.78 is 10.4. The first kappa shape index (κ1) is 18.3. The van der Waals surface area contributed by atoms with Crippen LogP contribution >= 0.6 is 0 Å². The lowest BCUT2D eigenvalue weighted by atomic mass is 10.1. The van der Waals surface area contributed by atoms with Crippen LogP contribution in [0.1, 0.15) is 10.4 Å². The Morgan fingerprint density at radius 3 is 2.56 bits per heavy atom. The van der Waals surface area contributed by atoms with Crippen LogP contribution in [0.3, 0.4) is 0 Å². The molecule has 2 amide bonds. The third-order valence-electron chi connectivity index (χ3n) is 4.21. The lowest BCUT2D eigenvalue weighted by molar-refractivity contribution is -0.116. The van der Waals surface area contributed by atoms with Crippen molar-refractivity contribution in [2.45, 2.75) is 0 Å². The highest BCUT2D eigenvalue weighted by atomic mass is 16.5. The summed E-state index contributed by atoms with van der Waals surface area (Å²) in [6, 6.07) is 12.6. The Hall–Kier alpha value is -3.48. The summed E-state index contributed by atoms with van der Waals surface area (Å²) in [7, 11) is 4.66. The van der Waals surface area contributed by atoms with Crippen molar-refractivity contribution in [3.8, 4) is 11.5 Å². The molecule has 0 unspecified atom stereocenters. The van der Waals surface area contributed by atoms with E-state index in [9.17, 15) is 9.59 Å². The summed E-state index contributed by atoms with van der Waals surface area (Å²) in [6.45, 7) is -0.0767. The number of methoxy groups -OCH3 is 2. The summed E-state index contributed by atoms with van der Waals surface area (Å²) in [5.74, 6) is 0.550. The number of likely N-dealkylation sites (N-methyl/N-ethyl adjacent to an activating group) is 1. The van der Waals surface area contributed by atoms with E-state index < -0.39 is 0 Å². The van der Waals surface area contributed by atoms with Crippen molar-refractivity contribution < 1.29 is 19.1 Å². The molecule has 0 saturated carbocycles. The molecule has 0 spiro atoms. The molecule has 7 nitrogen and oxygen atoms in total. The van der Waals surface area contributed by atoms with Gasteiger partial charge in [0, 0.05) is 35.9 Å². The van der Waals surface area contributed by atoms with E-state index in [-0.39, 0.29) is 18.4 Å². The molecule has 2 aromatic carbocycles. The summed E-state index contributed by atoms with van der Waals surface area (Å²) in [4.78, 5) is 29.5. The molecule has 1 aromatic heterocycles. The van der Waals surface area contributed by atoms with Gasteiger partial charge in [-0.05, 0) is 18.2 Å². The summed E-state index contributed by atoms with van der Waals surface area (Å²) in [5.41, 5.74) is 1.97. The molecule has 3 rings (SSSR count). The molecule has 3 aromatic rings. The number of hydrogen-bond donors (Lipinski definition) is 2. The van der Waals surface area contributed by atoms with E-state index in [1.807, 2.05) is 24.3 Å². The molecule has 27 heavy (non-hydrogen) atoms. The second-order valence-electron chi connectivity index (χ2n) is 6.03. The number of amides is 2. The van der Waals surface area contributed by atoms with Gasteiger partial charge in [-0.15, -0.1) is 0 Å². The minimum atomic E-state index is -0.307. The van der Waals surface area contributed by atoms with E-state index >= 15 is 0 Å². The van der Waals surface area contributed by atoms with Gasteiger partial charge in [-0.25, -0.2) is 0 Å². The van der Waals surface area contributed by atoms with Crippen LogP contribution in [-0.2, 0) is 4.79 Å². The van der Waals surface area contributed by atoms with E-state index in [1.165, 1.54) is 12.0 Å². The van der Waals surface area contributed by atoms with Gasteiger partial charge in [0.2, 0.25) is 5.91 Å². The number of nitrogens with zero attached hydrogens (tertiary/aromatic N) is 1. The zero-order chi connectivity index (χ0) is 19.4. The molecule has 2 N–H and O–H groups in total. The molecule has 0 radical (unpaired) electrons. The number of hydrogen-bond acceptors (Lipinski definition) is 4. The second kappa shape index (κ2) is 7.82. The number of fused-ring (bicyclic) bond motifs is 1. The number of aromatic nitrogens is 1. The second-order valence-corrected chi connectivity index (χ2v) is 6.03. The third-order valence-corrected chi connectivity index (χ3v) is 4.21. The molecule has 0 saturated heterocycles. The molecule has 0 aliphatic heterocycles. The van der Waals surface area contributed by atoms with Crippen molar-refractivity contribution in [3.63, 3.8) is 0 Å². The van der Waals surface area contributed by atoms with Crippen LogP contribution in [0.15, 0.2) is 48.7 Å². The van der Waals surface area contributed by atoms with Crippen LogP contribution in [0.5, 0.6) is 11.5 Å². The van der Waals surface area contributed by atoms with Gasteiger partial charge in [0.05, 0.1) is 26.3 Å². The summed E-state index contributed by atoms with van der Waals surface area (Å²) in [6.07, 6.45) is 1.66. The minimum absolute atomic E-state index is 0.0767. The molecule has 0 aliphatic carbocycles. The van der Waals surface area contributed by atoms with Gasteiger partial charge in [0.25, 0.3) is 5.91 Å². The zero-order valence-corrected chi connectivity index (χ0v) is 15.4. The average molecular weight is 367 g/mol. The number of ether oxygens (including phenoxy) is 2. The quantitative estimate of drug-likeness (QED) is 0.702. The molecular formula is C20H21N3O4. The highest BCUT2D eigenvalue weighted by Gasteiger charge is 2.18. The number of nitrogens with one attached hydrogen (secondary N) is 2. The first-order valence-electron chi connectivity index (χ1n) is 8.37. The van der Waals surface area contributed by atoms with Crippen molar-refractivity contribution in [3.05, 3.63) is 54.2 Å². The number of para-hydroxylation sites is 1. The molecule has 0 aliphatic rings. The van der Waals surface area contributed by atoms with Crippen molar-refractivity contribution in [1.82, 2.24) is 9.88 Å². The van der Waals surface area contributed by atoms with E-state index in [4.69, 9.17) is 9.47 Å². The predicted molar refractivity (Wildman–Crippen MR) is 103 cm³/mol. The number of aromatic amines is 1. The Morgan fingerprint density at radius 2 is 1.81 bits per heavy atom. The van der Waals surface area contributed by atoms with Gasteiger partial charge >= 0.3 is 0 Å². The van der Waals surface area contributed by atoms with Crippen LogP contribution in [0.2, 0.25) is 0 Å². The topological polar surface area (TPSA) is 83.7 Å². The maximum Gasteiger partial charge on any atom is 0.256 e. The van der Waals surface area contributed by atoms with E-state index in [0.29, 0.717) is 22.7 Å². The monoisotopic (exact) mass is 367 g/mol. The van der Waals surface area contributed by atoms with Crippen LogP contribution in [0.4, 0.5) is 5.69 Å². The van der Waals surface area contributed by atoms with E-state index in [0.717, 1.165) is 10.9 Å². The Labute approximate surface area is 156 Å². The van der Waals surface area contributed by atoms with Gasteiger partial charge in [0.15, 0.2) is 11.5 Å². The predicted octanol–water partition coefficient (Wildman–Crippen LogP) is 2.90. The lowest BCUT2D eigenvalue weighted by Crippen LogP contribution is -2.34. The Bertz CT molecular complexity index is 980. The van der Waals surface area contributed by atoms with Crippen molar-refractivity contribution in [1.29, 1.82) is 0 Å². The first-order chi connectivity index (χ1) is 13.0. The fourth-order valence-electron chi connectivity index (χ4n) is 2.86. The van der Waals surface area contributed by atoms with Crippen molar-refractivity contribution in [2.24, 2.45) is 0 Å². The lowest BCUT2D eigenvalue weighted by Gasteiger charge is -2.17. The number of carbonyl (C=O) groups excluding carboxylic acids is 2. The van der Waals surface area contributed by atoms with Crippen molar-refractivity contribution in [2.75, 3.05) is 33.1 Å². The van der Waals surface area contributed by atoms with Gasteiger partial charge < -0.3 is 24.7 Å². The highest BCUT2D eigenvalue weighted by Crippen LogP contribution is 2.29. The van der Waals surface area contributed by atoms with Gasteiger partial charge in [-0.3, -0.25) is 9.59 Å². The SMILES string of the molecule is COc1ccc(NC(=O)CN(C)C(=O)c2c[nH]c3ccccc23)cc1OC. The molecule has 0 atom stereocenters. The summed E-state index contributed by atoms with van der Waals surface area (Å²) in [5, 5.41) is 3.59. The van der Waals surface area contributed by atoms with Crippen LogP contribution < -0.4 is 14.8 Å². The molecule has 140 valence electrons. The molecule has 1 heterocycles. The minimum Gasteiger partial charge on any atom is -0.493 e. The van der Waals surface area contributed by atoms with Gasteiger partial charge in [-0.1, -0.05) is 18.2 Å². The fraction of sp³-hybridized carbons (Fsp3) is 0.200. The maximum absolute atomic E-state index is 12.7. The highest BCUT2D eigenvalue weighted by molar-refractivity contribution is 6.08. The normalized spacial score (nSPS) is 10.5. The Kier molecular flexibility index (Phi) is 5.30.